The number of imidazole rings is 1. The highest BCUT2D eigenvalue weighted by Crippen LogP contribution is 2.01. The molecule has 0 bridgehead atoms. The van der Waals surface area contributed by atoms with E-state index in [-0.39, 0.29) is 6.42 Å². The van der Waals surface area contributed by atoms with E-state index in [1.807, 2.05) is 0 Å². The summed E-state index contributed by atoms with van der Waals surface area (Å²) in [5.41, 5.74) is 11.0. The molecule has 1 rings (SSSR count). The molecule has 14 nitrogen and oxygen atoms in total. The largest absolute Gasteiger partial charge is 0.480 e. The maximum atomic E-state index is 12.5. The number of aliphatic hydroxyl groups excluding tert-OH is 1. The Hall–Kier alpha value is -3.52. The number of rotatable bonds is 12. The minimum absolute atomic E-state index is 0.0227. The summed E-state index contributed by atoms with van der Waals surface area (Å²) in [6, 6.07) is -4.00. The molecule has 0 spiro atoms. The number of primary amides is 1. The highest BCUT2D eigenvalue weighted by molar-refractivity contribution is 5.93. The van der Waals surface area contributed by atoms with Crippen molar-refractivity contribution in [2.75, 3.05) is 6.54 Å². The zero-order chi connectivity index (χ0) is 22.8. The smallest absolute Gasteiger partial charge is 0.326 e. The lowest BCUT2D eigenvalue weighted by Gasteiger charge is -2.21. The van der Waals surface area contributed by atoms with Crippen molar-refractivity contribution in [3.63, 3.8) is 0 Å². The van der Waals surface area contributed by atoms with Crippen molar-refractivity contribution >= 4 is 29.6 Å². The molecular formula is C16H25N7O7. The summed E-state index contributed by atoms with van der Waals surface area (Å²) in [5.74, 6) is -4.84. The highest BCUT2D eigenvalue weighted by atomic mass is 16.4. The fourth-order valence-corrected chi connectivity index (χ4v) is 2.25. The molecule has 30 heavy (non-hydrogen) atoms. The number of amides is 4. The molecule has 1 heterocycles. The summed E-state index contributed by atoms with van der Waals surface area (Å²) in [4.78, 5) is 64.9. The number of carboxylic acids is 1. The van der Waals surface area contributed by atoms with Gasteiger partial charge in [-0.25, -0.2) is 9.78 Å². The van der Waals surface area contributed by atoms with Crippen LogP contribution in [-0.2, 0) is 30.4 Å². The number of H-pyrrole nitrogens is 1. The van der Waals surface area contributed by atoms with Gasteiger partial charge in [-0.2, -0.15) is 0 Å². The highest BCUT2D eigenvalue weighted by Gasteiger charge is 2.27. The Labute approximate surface area is 170 Å². The summed E-state index contributed by atoms with van der Waals surface area (Å²) in [7, 11) is 0. The van der Waals surface area contributed by atoms with Crippen LogP contribution in [0.3, 0.4) is 0 Å². The monoisotopic (exact) mass is 427 g/mol. The lowest BCUT2D eigenvalue weighted by Crippen LogP contribution is -2.56. The van der Waals surface area contributed by atoms with Gasteiger partial charge in [0.25, 0.3) is 0 Å². The molecule has 14 heteroatoms. The van der Waals surface area contributed by atoms with Gasteiger partial charge >= 0.3 is 5.97 Å². The zero-order valence-electron chi connectivity index (χ0n) is 16.1. The predicted octanol–water partition coefficient (Wildman–Crippen LogP) is -4.29. The third kappa shape index (κ3) is 8.24. The van der Waals surface area contributed by atoms with Gasteiger partial charge in [-0.1, -0.05) is 0 Å². The second-order valence-corrected chi connectivity index (χ2v) is 6.46. The van der Waals surface area contributed by atoms with E-state index in [1.54, 1.807) is 0 Å². The quantitative estimate of drug-likeness (QED) is 0.161. The molecule has 0 radical (unpaired) electrons. The van der Waals surface area contributed by atoms with Crippen LogP contribution in [0.1, 0.15) is 19.0 Å². The molecule has 10 N–H and O–H groups in total. The fraction of sp³-hybridized carbons (Fsp3) is 0.500. The number of carboxylic acid groups (broad SMARTS) is 1. The van der Waals surface area contributed by atoms with Crippen molar-refractivity contribution in [3.8, 4) is 0 Å². The molecule has 1 aromatic heterocycles. The van der Waals surface area contributed by atoms with E-state index in [2.05, 4.69) is 25.9 Å². The molecule has 4 atom stereocenters. The van der Waals surface area contributed by atoms with Gasteiger partial charge in [-0.05, 0) is 6.92 Å². The van der Waals surface area contributed by atoms with E-state index < -0.39 is 66.8 Å². The molecule has 0 aromatic carbocycles. The van der Waals surface area contributed by atoms with Crippen molar-refractivity contribution < 1.29 is 34.2 Å². The summed E-state index contributed by atoms with van der Waals surface area (Å²) in [6.07, 6.45) is 0.987. The third-order valence-electron chi connectivity index (χ3n) is 3.90. The molecule has 0 aliphatic heterocycles. The van der Waals surface area contributed by atoms with E-state index in [9.17, 15) is 29.1 Å². The number of nitrogens with one attached hydrogen (secondary N) is 4. The van der Waals surface area contributed by atoms with Gasteiger partial charge in [0, 0.05) is 18.3 Å². The van der Waals surface area contributed by atoms with Crippen LogP contribution in [0, 0.1) is 0 Å². The van der Waals surface area contributed by atoms with Crippen LogP contribution in [0.15, 0.2) is 12.5 Å². The summed E-state index contributed by atoms with van der Waals surface area (Å²) in [6.45, 7) is 0.683. The number of aliphatic hydroxyl groups is 1. The molecule has 0 fully saturated rings. The van der Waals surface area contributed by atoms with E-state index in [4.69, 9.17) is 16.6 Å². The molecule has 0 aliphatic rings. The Morgan fingerprint density at radius 1 is 1.17 bits per heavy atom. The minimum Gasteiger partial charge on any atom is -0.480 e. The van der Waals surface area contributed by atoms with Crippen molar-refractivity contribution in [3.05, 3.63) is 18.2 Å². The minimum atomic E-state index is -1.54. The maximum Gasteiger partial charge on any atom is 0.326 e. The molecule has 0 saturated carbocycles. The summed E-state index contributed by atoms with van der Waals surface area (Å²) >= 11 is 0. The van der Waals surface area contributed by atoms with Crippen LogP contribution in [0.4, 0.5) is 0 Å². The van der Waals surface area contributed by atoms with E-state index in [1.165, 1.54) is 19.4 Å². The fourth-order valence-electron chi connectivity index (χ4n) is 2.25. The third-order valence-corrected chi connectivity index (χ3v) is 3.90. The topological polar surface area (TPSA) is 243 Å². The number of hydrogen-bond acceptors (Lipinski definition) is 8. The molecular weight excluding hydrogens is 402 g/mol. The second kappa shape index (κ2) is 11.5. The van der Waals surface area contributed by atoms with Crippen LogP contribution in [0.2, 0.25) is 0 Å². The standard InChI is InChI=1S/C16H25N7O7/c1-7(24)13(18)15(28)23-9(2-8-4-19-6-21-8)14(27)20-5-12(26)22-10(16(29)30)3-11(17)25/h4,6-7,9-10,13,24H,2-3,5,18H2,1H3,(H2,17,25)(H,19,21)(H,20,27)(H,22,26)(H,23,28)(H,29,30). The van der Waals surface area contributed by atoms with E-state index in [0.717, 1.165) is 0 Å². The SMILES string of the molecule is CC(O)C(N)C(=O)NC(Cc1cnc[nH]1)C(=O)NCC(=O)NC(CC(N)=O)C(=O)O. The molecule has 4 unspecified atom stereocenters. The lowest BCUT2D eigenvalue weighted by atomic mass is 10.1. The summed E-state index contributed by atoms with van der Waals surface area (Å²) in [5, 5.41) is 25.1. The second-order valence-electron chi connectivity index (χ2n) is 6.46. The van der Waals surface area contributed by atoms with Gasteiger partial charge in [-0.3, -0.25) is 19.2 Å². The number of aromatic nitrogens is 2. The van der Waals surface area contributed by atoms with Crippen LogP contribution >= 0.6 is 0 Å². The molecule has 0 aliphatic carbocycles. The van der Waals surface area contributed by atoms with Crippen LogP contribution in [0.25, 0.3) is 0 Å². The zero-order valence-corrected chi connectivity index (χ0v) is 16.1. The van der Waals surface area contributed by atoms with E-state index >= 15 is 0 Å². The van der Waals surface area contributed by atoms with Gasteiger partial charge in [0.2, 0.25) is 23.6 Å². The molecule has 4 amide bonds. The first kappa shape index (κ1) is 24.5. The van der Waals surface area contributed by atoms with Gasteiger partial charge < -0.3 is 42.6 Å². The lowest BCUT2D eigenvalue weighted by molar-refractivity contribution is -0.143. The van der Waals surface area contributed by atoms with Gasteiger partial charge in [0.1, 0.15) is 18.1 Å². The Morgan fingerprint density at radius 3 is 2.33 bits per heavy atom. The predicted molar refractivity (Wildman–Crippen MR) is 100 cm³/mol. The maximum absolute atomic E-state index is 12.5. The molecule has 1 aromatic rings. The number of aliphatic carboxylic acids is 1. The van der Waals surface area contributed by atoms with Crippen LogP contribution < -0.4 is 27.4 Å². The first-order valence-corrected chi connectivity index (χ1v) is 8.80. The van der Waals surface area contributed by atoms with Crippen molar-refractivity contribution in [2.24, 2.45) is 11.5 Å². The Bertz CT molecular complexity index is 766. The first-order chi connectivity index (χ1) is 14.0. The van der Waals surface area contributed by atoms with E-state index in [0.29, 0.717) is 5.69 Å². The van der Waals surface area contributed by atoms with Gasteiger partial charge in [0.05, 0.1) is 25.4 Å². The van der Waals surface area contributed by atoms with Gasteiger partial charge in [0.15, 0.2) is 0 Å². The molecule has 166 valence electrons. The number of aromatic amines is 1. The average Bonchev–Trinajstić information content (AvgIpc) is 3.16. The normalized spacial score (nSPS) is 14.6. The van der Waals surface area contributed by atoms with Crippen molar-refractivity contribution in [1.29, 1.82) is 0 Å². The molecule has 0 saturated heterocycles. The number of nitrogens with two attached hydrogens (primary N) is 2. The van der Waals surface area contributed by atoms with Crippen LogP contribution in [0.5, 0.6) is 0 Å². The number of carbonyl (C=O) groups is 5. The number of hydrogen-bond donors (Lipinski definition) is 8. The Kier molecular flexibility index (Phi) is 9.38. The first-order valence-electron chi connectivity index (χ1n) is 8.80. The van der Waals surface area contributed by atoms with Crippen molar-refractivity contribution in [1.82, 2.24) is 25.9 Å². The average molecular weight is 427 g/mol. The van der Waals surface area contributed by atoms with Gasteiger partial charge in [-0.15, -0.1) is 0 Å². The Morgan fingerprint density at radius 2 is 1.83 bits per heavy atom. The number of carbonyl (C=O) groups excluding carboxylic acids is 4. The Balaban J connectivity index is 2.74. The van der Waals surface area contributed by atoms with Crippen molar-refractivity contribution in [2.45, 2.75) is 44.0 Å². The number of nitrogens with zero attached hydrogens (tertiary/aromatic N) is 1. The van der Waals surface area contributed by atoms with Crippen LogP contribution in [-0.4, -0.2) is 80.6 Å². The summed E-state index contributed by atoms with van der Waals surface area (Å²) < 4.78 is 0.